The van der Waals surface area contributed by atoms with Gasteiger partial charge in [0.15, 0.2) is 5.13 Å². The molecule has 1 atom stereocenters. The van der Waals surface area contributed by atoms with Crippen LogP contribution in [0.4, 0.5) is 28.8 Å². The van der Waals surface area contributed by atoms with Crippen LogP contribution in [0.5, 0.6) is 0 Å². The molecule has 0 radical (unpaired) electrons. The van der Waals surface area contributed by atoms with Gasteiger partial charge in [-0.2, -0.15) is 13.2 Å². The molecule has 2 aromatic rings. The third kappa shape index (κ3) is 5.35. The number of aryl methyl sites for hydroxylation is 1. The van der Waals surface area contributed by atoms with Crippen LogP contribution in [-0.4, -0.2) is 30.6 Å². The average Bonchev–Trinajstić information content (AvgIpc) is 3.13. The summed E-state index contributed by atoms with van der Waals surface area (Å²) in [5, 5.41) is 6.00. The first-order valence-electron chi connectivity index (χ1n) is 8.71. The molecule has 2 N–H and O–H groups in total. The van der Waals surface area contributed by atoms with Crippen molar-refractivity contribution in [2.45, 2.75) is 25.9 Å². The molecular weight excluding hydrogens is 377 g/mol. The summed E-state index contributed by atoms with van der Waals surface area (Å²) >= 11 is 0.666. The van der Waals surface area contributed by atoms with E-state index in [4.69, 9.17) is 0 Å². The lowest BCUT2D eigenvalue weighted by atomic mass is 9.98. The minimum atomic E-state index is -4.36. The first-order chi connectivity index (χ1) is 12.8. The fraction of sp³-hybridized carbons (Fsp3) is 0.444. The third-order valence-corrected chi connectivity index (χ3v) is 5.53. The number of alkyl halides is 3. The van der Waals surface area contributed by atoms with Gasteiger partial charge in [0.25, 0.3) is 0 Å². The molecule has 1 aliphatic heterocycles. The van der Waals surface area contributed by atoms with E-state index in [0.717, 1.165) is 24.6 Å². The van der Waals surface area contributed by atoms with Gasteiger partial charge in [0, 0.05) is 25.3 Å². The average molecular weight is 398 g/mol. The Balaban J connectivity index is 1.50. The molecular formula is C18H21F3N4OS. The van der Waals surface area contributed by atoms with Crippen LogP contribution in [0.15, 0.2) is 30.5 Å². The molecule has 0 aliphatic carbocycles. The van der Waals surface area contributed by atoms with Crippen LogP contribution >= 0.6 is 11.3 Å². The normalized spacial score (nSPS) is 17.6. The van der Waals surface area contributed by atoms with Crippen molar-refractivity contribution in [1.29, 1.82) is 0 Å². The maximum atomic E-state index is 12.8. The van der Waals surface area contributed by atoms with Crippen LogP contribution in [0.3, 0.4) is 0 Å². The molecule has 2 amide bonds. The maximum absolute atomic E-state index is 12.8. The number of urea groups is 1. The molecule has 146 valence electrons. The Morgan fingerprint density at radius 2 is 2.07 bits per heavy atom. The molecule has 9 heteroatoms. The molecule has 1 fully saturated rings. The first-order valence-corrected chi connectivity index (χ1v) is 9.52. The fourth-order valence-corrected chi connectivity index (χ4v) is 3.81. The van der Waals surface area contributed by atoms with Gasteiger partial charge in [0.1, 0.15) is 4.88 Å². The van der Waals surface area contributed by atoms with Crippen molar-refractivity contribution in [2.75, 3.05) is 29.9 Å². The Bertz CT molecular complexity index is 776. The predicted octanol–water partition coefficient (Wildman–Crippen LogP) is 4.51. The van der Waals surface area contributed by atoms with Crippen LogP contribution in [0.25, 0.3) is 0 Å². The van der Waals surface area contributed by atoms with Gasteiger partial charge in [-0.15, -0.1) is 0 Å². The molecule has 0 bridgehead atoms. The number of carbonyl (C=O) groups excluding carboxylic acids is 1. The fourth-order valence-electron chi connectivity index (χ4n) is 3.00. The molecule has 1 aromatic heterocycles. The second-order valence-electron chi connectivity index (χ2n) is 6.66. The summed E-state index contributed by atoms with van der Waals surface area (Å²) in [6.07, 6.45) is -1.71. The van der Waals surface area contributed by atoms with Gasteiger partial charge in [-0.1, -0.05) is 29.0 Å². The highest BCUT2D eigenvalue weighted by molar-refractivity contribution is 7.15. The Kier molecular flexibility index (Phi) is 5.88. The van der Waals surface area contributed by atoms with E-state index in [1.54, 1.807) is 0 Å². The van der Waals surface area contributed by atoms with Gasteiger partial charge in [0.2, 0.25) is 0 Å². The number of carbonyl (C=O) groups is 1. The number of aromatic nitrogens is 1. The maximum Gasteiger partial charge on any atom is 0.427 e. The molecule has 0 spiro atoms. The Morgan fingerprint density at radius 3 is 2.74 bits per heavy atom. The zero-order valence-electron chi connectivity index (χ0n) is 14.8. The van der Waals surface area contributed by atoms with Crippen molar-refractivity contribution in [1.82, 2.24) is 10.3 Å². The van der Waals surface area contributed by atoms with Gasteiger partial charge >= 0.3 is 12.2 Å². The summed E-state index contributed by atoms with van der Waals surface area (Å²) in [7, 11) is 0. The number of thiazole rings is 1. The van der Waals surface area contributed by atoms with E-state index in [1.165, 1.54) is 0 Å². The summed E-state index contributed by atoms with van der Waals surface area (Å²) in [5.41, 5.74) is 1.82. The number of nitrogens with zero attached hydrogens (tertiary/aromatic N) is 2. The van der Waals surface area contributed by atoms with Crippen molar-refractivity contribution in [3.63, 3.8) is 0 Å². The summed E-state index contributed by atoms with van der Waals surface area (Å²) < 4.78 is 38.3. The minimum absolute atomic E-state index is 0.167. The summed E-state index contributed by atoms with van der Waals surface area (Å²) in [6, 6.07) is 7.20. The molecule has 1 unspecified atom stereocenters. The number of nitrogens with one attached hydrogen (secondary N) is 2. The lowest BCUT2D eigenvalue weighted by Crippen LogP contribution is -2.42. The monoisotopic (exact) mass is 398 g/mol. The number of benzene rings is 1. The van der Waals surface area contributed by atoms with Crippen LogP contribution in [-0.2, 0) is 6.18 Å². The number of anilines is 2. The predicted molar refractivity (Wildman–Crippen MR) is 100 cm³/mol. The topological polar surface area (TPSA) is 57.3 Å². The van der Waals surface area contributed by atoms with Gasteiger partial charge < -0.3 is 15.5 Å². The highest BCUT2D eigenvalue weighted by Crippen LogP contribution is 2.37. The quantitative estimate of drug-likeness (QED) is 0.797. The third-order valence-electron chi connectivity index (χ3n) is 4.42. The lowest BCUT2D eigenvalue weighted by Gasteiger charge is -2.32. The van der Waals surface area contributed by atoms with E-state index >= 15 is 0 Å². The number of amides is 2. The molecule has 3 rings (SSSR count). The van der Waals surface area contributed by atoms with Crippen LogP contribution in [0.1, 0.15) is 23.3 Å². The van der Waals surface area contributed by atoms with Gasteiger partial charge in [-0.3, -0.25) is 0 Å². The zero-order valence-corrected chi connectivity index (χ0v) is 15.7. The molecule has 1 aromatic carbocycles. The Hall–Kier alpha value is -2.29. The van der Waals surface area contributed by atoms with Gasteiger partial charge in [-0.25, -0.2) is 9.78 Å². The van der Waals surface area contributed by atoms with Crippen molar-refractivity contribution in [2.24, 2.45) is 5.92 Å². The standard InChI is InChI=1S/C18H21F3N4OS/c1-12-4-6-14(7-5-12)24-16(26)22-9-13-3-2-8-25(11-13)17-23-10-15(27-17)18(19,20)21/h4-7,10,13H,2-3,8-9,11H2,1H3,(H2,22,24,26). The summed E-state index contributed by atoms with van der Waals surface area (Å²) in [4.78, 5) is 17.1. The van der Waals surface area contributed by atoms with E-state index < -0.39 is 11.1 Å². The zero-order chi connectivity index (χ0) is 19.4. The van der Waals surface area contributed by atoms with Crippen LogP contribution in [0, 0.1) is 12.8 Å². The van der Waals surface area contributed by atoms with Crippen molar-refractivity contribution in [3.8, 4) is 0 Å². The van der Waals surface area contributed by atoms with E-state index in [9.17, 15) is 18.0 Å². The van der Waals surface area contributed by atoms with E-state index in [2.05, 4.69) is 15.6 Å². The van der Waals surface area contributed by atoms with Gasteiger partial charge in [-0.05, 0) is 37.8 Å². The molecule has 27 heavy (non-hydrogen) atoms. The largest absolute Gasteiger partial charge is 0.427 e. The SMILES string of the molecule is Cc1ccc(NC(=O)NCC2CCCN(c3ncc(C(F)(F)F)s3)C2)cc1. The Labute approximate surface area is 159 Å². The molecule has 0 saturated carbocycles. The first kappa shape index (κ1) is 19.5. The number of piperidine rings is 1. The molecule has 1 saturated heterocycles. The number of halogens is 3. The van der Waals surface area contributed by atoms with E-state index in [1.807, 2.05) is 36.1 Å². The number of hydrogen-bond acceptors (Lipinski definition) is 4. The van der Waals surface area contributed by atoms with E-state index in [-0.39, 0.29) is 11.9 Å². The molecule has 1 aliphatic rings. The van der Waals surface area contributed by atoms with E-state index in [0.29, 0.717) is 41.8 Å². The van der Waals surface area contributed by atoms with Crippen LogP contribution in [0.2, 0.25) is 0 Å². The Morgan fingerprint density at radius 1 is 1.33 bits per heavy atom. The second-order valence-corrected chi connectivity index (χ2v) is 7.67. The lowest BCUT2D eigenvalue weighted by molar-refractivity contribution is -0.134. The number of rotatable bonds is 4. The highest BCUT2D eigenvalue weighted by Gasteiger charge is 2.34. The van der Waals surface area contributed by atoms with Crippen molar-refractivity contribution in [3.05, 3.63) is 40.9 Å². The smallest absolute Gasteiger partial charge is 0.348 e. The molecule has 5 nitrogen and oxygen atoms in total. The van der Waals surface area contributed by atoms with Crippen molar-refractivity contribution < 1.29 is 18.0 Å². The summed E-state index contributed by atoms with van der Waals surface area (Å²) in [6.45, 7) is 3.69. The molecule has 2 heterocycles. The van der Waals surface area contributed by atoms with Crippen molar-refractivity contribution >= 4 is 28.2 Å². The highest BCUT2D eigenvalue weighted by atomic mass is 32.1. The van der Waals surface area contributed by atoms with Crippen LogP contribution < -0.4 is 15.5 Å². The second kappa shape index (κ2) is 8.16. The minimum Gasteiger partial charge on any atom is -0.348 e. The summed E-state index contributed by atoms with van der Waals surface area (Å²) in [5.74, 6) is 0.167. The number of hydrogen-bond donors (Lipinski definition) is 2. The van der Waals surface area contributed by atoms with Gasteiger partial charge in [0.05, 0.1) is 6.20 Å².